The molecule has 0 aromatic heterocycles. The van der Waals surface area contributed by atoms with Crippen molar-refractivity contribution in [3.63, 3.8) is 0 Å². The Morgan fingerprint density at radius 3 is 2.72 bits per heavy atom. The van der Waals surface area contributed by atoms with Crippen LogP contribution in [0.4, 0.5) is 5.69 Å². The molecular weight excluding hydrogens is 226 g/mol. The first kappa shape index (κ1) is 12.9. The number of esters is 1. The molecular formula is C15H21NO2. The minimum atomic E-state index is -0.233. The summed E-state index contributed by atoms with van der Waals surface area (Å²) in [6.45, 7) is 2.45. The third kappa shape index (κ3) is 3.25. The van der Waals surface area contributed by atoms with Gasteiger partial charge in [-0.25, -0.2) is 4.79 Å². The Hall–Kier alpha value is -1.51. The SMILES string of the molecule is Cc1cc(C(=O)OCC2CCCCC2)ccc1N. The van der Waals surface area contributed by atoms with Gasteiger partial charge in [0.15, 0.2) is 0 Å². The molecule has 0 amide bonds. The maximum atomic E-state index is 11.9. The number of hydrogen-bond acceptors (Lipinski definition) is 3. The van der Waals surface area contributed by atoms with Crippen molar-refractivity contribution < 1.29 is 9.53 Å². The molecule has 1 aromatic carbocycles. The van der Waals surface area contributed by atoms with Gasteiger partial charge in [-0.05, 0) is 49.4 Å². The zero-order valence-electron chi connectivity index (χ0n) is 10.9. The molecule has 1 aromatic rings. The van der Waals surface area contributed by atoms with E-state index in [-0.39, 0.29) is 5.97 Å². The number of anilines is 1. The quantitative estimate of drug-likeness (QED) is 0.658. The van der Waals surface area contributed by atoms with Crippen LogP contribution in [0, 0.1) is 12.8 Å². The first-order chi connectivity index (χ1) is 8.66. The molecule has 0 heterocycles. The third-order valence-electron chi connectivity index (χ3n) is 3.68. The molecule has 0 aliphatic heterocycles. The lowest BCUT2D eigenvalue weighted by Crippen LogP contribution is -2.16. The number of carbonyl (C=O) groups excluding carboxylic acids is 1. The van der Waals surface area contributed by atoms with Gasteiger partial charge in [0.1, 0.15) is 0 Å². The average molecular weight is 247 g/mol. The molecule has 0 atom stereocenters. The van der Waals surface area contributed by atoms with Crippen LogP contribution in [0.2, 0.25) is 0 Å². The molecule has 98 valence electrons. The average Bonchev–Trinajstić information content (AvgIpc) is 2.40. The normalized spacial score (nSPS) is 16.5. The fourth-order valence-corrected chi connectivity index (χ4v) is 2.43. The Labute approximate surface area is 108 Å². The van der Waals surface area contributed by atoms with Crippen molar-refractivity contribution in [2.45, 2.75) is 39.0 Å². The van der Waals surface area contributed by atoms with Gasteiger partial charge in [-0.15, -0.1) is 0 Å². The van der Waals surface area contributed by atoms with Crippen LogP contribution < -0.4 is 5.73 Å². The molecule has 0 saturated heterocycles. The molecule has 1 fully saturated rings. The van der Waals surface area contributed by atoms with Crippen molar-refractivity contribution in [3.05, 3.63) is 29.3 Å². The summed E-state index contributed by atoms with van der Waals surface area (Å²) in [5.41, 5.74) is 7.95. The van der Waals surface area contributed by atoms with Crippen LogP contribution in [0.5, 0.6) is 0 Å². The van der Waals surface area contributed by atoms with Crippen molar-refractivity contribution in [1.29, 1.82) is 0 Å². The van der Waals surface area contributed by atoms with Gasteiger partial charge in [0.05, 0.1) is 12.2 Å². The summed E-state index contributed by atoms with van der Waals surface area (Å²) in [7, 11) is 0. The number of nitrogen functional groups attached to an aromatic ring is 1. The fraction of sp³-hybridized carbons (Fsp3) is 0.533. The Morgan fingerprint density at radius 2 is 2.06 bits per heavy atom. The van der Waals surface area contributed by atoms with Crippen molar-refractivity contribution in [1.82, 2.24) is 0 Å². The predicted molar refractivity (Wildman–Crippen MR) is 72.4 cm³/mol. The van der Waals surface area contributed by atoms with Crippen molar-refractivity contribution in [2.24, 2.45) is 5.92 Å². The Bertz CT molecular complexity index is 423. The Balaban J connectivity index is 1.88. The standard InChI is InChI=1S/C15H21NO2/c1-11-9-13(7-8-14(11)16)15(17)18-10-12-5-3-2-4-6-12/h7-9,12H,2-6,10,16H2,1H3. The van der Waals surface area contributed by atoms with Crippen LogP contribution in [0.3, 0.4) is 0 Å². The van der Waals surface area contributed by atoms with Crippen LogP contribution in [0.1, 0.15) is 48.0 Å². The summed E-state index contributed by atoms with van der Waals surface area (Å²) >= 11 is 0. The summed E-state index contributed by atoms with van der Waals surface area (Å²) < 4.78 is 5.38. The van der Waals surface area contributed by atoms with Gasteiger partial charge >= 0.3 is 5.97 Å². The topological polar surface area (TPSA) is 52.3 Å². The van der Waals surface area contributed by atoms with E-state index >= 15 is 0 Å². The first-order valence-corrected chi connectivity index (χ1v) is 6.70. The number of benzene rings is 1. The molecule has 0 spiro atoms. The second-order valence-electron chi connectivity index (χ2n) is 5.17. The summed E-state index contributed by atoms with van der Waals surface area (Å²) in [5.74, 6) is 0.321. The molecule has 0 bridgehead atoms. The van der Waals surface area contributed by atoms with Crippen LogP contribution in [0.25, 0.3) is 0 Å². The summed E-state index contributed by atoms with van der Waals surface area (Å²) in [6, 6.07) is 5.27. The zero-order valence-corrected chi connectivity index (χ0v) is 10.9. The zero-order chi connectivity index (χ0) is 13.0. The van der Waals surface area contributed by atoms with E-state index in [4.69, 9.17) is 10.5 Å². The van der Waals surface area contributed by atoms with E-state index < -0.39 is 0 Å². The number of hydrogen-bond donors (Lipinski definition) is 1. The summed E-state index contributed by atoms with van der Waals surface area (Å²) in [5, 5.41) is 0. The van der Waals surface area contributed by atoms with Crippen molar-refractivity contribution in [3.8, 4) is 0 Å². The number of rotatable bonds is 3. The van der Waals surface area contributed by atoms with Crippen molar-refractivity contribution >= 4 is 11.7 Å². The molecule has 0 unspecified atom stereocenters. The van der Waals surface area contributed by atoms with Crippen LogP contribution in [-0.2, 0) is 4.74 Å². The lowest BCUT2D eigenvalue weighted by Gasteiger charge is -2.21. The van der Waals surface area contributed by atoms with E-state index in [1.54, 1.807) is 18.2 Å². The highest BCUT2D eigenvalue weighted by atomic mass is 16.5. The Morgan fingerprint density at radius 1 is 1.33 bits per heavy atom. The second kappa shape index (κ2) is 5.89. The maximum Gasteiger partial charge on any atom is 0.338 e. The number of ether oxygens (including phenoxy) is 1. The van der Waals surface area contributed by atoms with E-state index in [1.165, 1.54) is 32.1 Å². The van der Waals surface area contributed by atoms with E-state index in [1.807, 2.05) is 6.92 Å². The lowest BCUT2D eigenvalue weighted by molar-refractivity contribution is 0.0410. The van der Waals surface area contributed by atoms with Crippen LogP contribution >= 0.6 is 0 Å². The molecule has 2 rings (SSSR count). The van der Waals surface area contributed by atoms with Gasteiger partial charge in [0, 0.05) is 5.69 Å². The predicted octanol–water partition coefficient (Wildman–Crippen LogP) is 3.31. The summed E-state index contributed by atoms with van der Waals surface area (Å²) in [6.07, 6.45) is 6.23. The summed E-state index contributed by atoms with van der Waals surface area (Å²) in [4.78, 5) is 11.9. The molecule has 1 saturated carbocycles. The van der Waals surface area contributed by atoms with Crippen LogP contribution in [-0.4, -0.2) is 12.6 Å². The maximum absolute atomic E-state index is 11.9. The number of carbonyl (C=O) groups is 1. The van der Waals surface area contributed by atoms with E-state index in [9.17, 15) is 4.79 Å². The fourth-order valence-electron chi connectivity index (χ4n) is 2.43. The van der Waals surface area contributed by atoms with Crippen molar-refractivity contribution in [2.75, 3.05) is 12.3 Å². The van der Waals surface area contributed by atoms with Gasteiger partial charge < -0.3 is 10.5 Å². The van der Waals surface area contributed by atoms with E-state index in [0.29, 0.717) is 23.8 Å². The van der Waals surface area contributed by atoms with Gasteiger partial charge in [0.2, 0.25) is 0 Å². The third-order valence-corrected chi connectivity index (χ3v) is 3.68. The van der Waals surface area contributed by atoms with Gasteiger partial charge in [0.25, 0.3) is 0 Å². The van der Waals surface area contributed by atoms with Gasteiger partial charge in [-0.3, -0.25) is 0 Å². The van der Waals surface area contributed by atoms with Crippen LogP contribution in [0.15, 0.2) is 18.2 Å². The highest BCUT2D eigenvalue weighted by molar-refractivity contribution is 5.90. The van der Waals surface area contributed by atoms with E-state index in [0.717, 1.165) is 5.56 Å². The molecule has 3 nitrogen and oxygen atoms in total. The Kier molecular flexibility index (Phi) is 4.24. The molecule has 1 aliphatic carbocycles. The number of aryl methyl sites for hydroxylation is 1. The highest BCUT2D eigenvalue weighted by Crippen LogP contribution is 2.24. The molecule has 18 heavy (non-hydrogen) atoms. The minimum Gasteiger partial charge on any atom is -0.462 e. The first-order valence-electron chi connectivity index (χ1n) is 6.70. The molecule has 0 radical (unpaired) electrons. The van der Waals surface area contributed by atoms with E-state index in [2.05, 4.69) is 0 Å². The molecule has 3 heteroatoms. The van der Waals surface area contributed by atoms with Gasteiger partial charge in [-0.1, -0.05) is 19.3 Å². The minimum absolute atomic E-state index is 0.233. The second-order valence-corrected chi connectivity index (χ2v) is 5.17. The molecule has 2 N–H and O–H groups in total. The lowest BCUT2D eigenvalue weighted by atomic mass is 9.90. The number of nitrogens with two attached hydrogens (primary N) is 1. The smallest absolute Gasteiger partial charge is 0.338 e. The molecule has 1 aliphatic rings. The van der Waals surface area contributed by atoms with Gasteiger partial charge in [-0.2, -0.15) is 0 Å². The largest absolute Gasteiger partial charge is 0.462 e. The monoisotopic (exact) mass is 247 g/mol. The highest BCUT2D eigenvalue weighted by Gasteiger charge is 2.16.